The normalized spacial score (nSPS) is 16.2. The average Bonchev–Trinajstić information content (AvgIpc) is 3.27. The Kier molecular flexibility index (Phi) is 5.29. The Labute approximate surface area is 188 Å². The molecular weight excluding hydrogens is 437 g/mol. The van der Waals surface area contributed by atoms with Crippen LogP contribution < -0.4 is 4.90 Å². The topological polar surface area (TPSA) is 56.9 Å². The summed E-state index contributed by atoms with van der Waals surface area (Å²) >= 11 is 7.58. The molecule has 0 spiro atoms. The monoisotopic (exact) mass is 457 g/mol. The van der Waals surface area contributed by atoms with Crippen LogP contribution >= 0.6 is 22.9 Å². The van der Waals surface area contributed by atoms with Gasteiger partial charge in [0.15, 0.2) is 0 Å². The lowest BCUT2D eigenvalue weighted by Gasteiger charge is -2.40. The number of halogens is 2. The van der Waals surface area contributed by atoms with Crippen molar-refractivity contribution in [3.63, 3.8) is 0 Å². The van der Waals surface area contributed by atoms with E-state index in [0.29, 0.717) is 10.8 Å². The van der Waals surface area contributed by atoms with Crippen LogP contribution in [0.2, 0.25) is 5.02 Å². The molecule has 1 atom stereocenters. The summed E-state index contributed by atoms with van der Waals surface area (Å²) in [5.41, 5.74) is 2.02. The summed E-state index contributed by atoms with van der Waals surface area (Å²) in [5, 5.41) is 15.9. The van der Waals surface area contributed by atoms with E-state index in [1.165, 1.54) is 28.0 Å². The van der Waals surface area contributed by atoms with Gasteiger partial charge >= 0.3 is 0 Å². The molecule has 3 heterocycles. The molecule has 2 aromatic heterocycles. The second-order valence-electron chi connectivity index (χ2n) is 7.60. The van der Waals surface area contributed by atoms with Crippen molar-refractivity contribution in [3.05, 3.63) is 75.6 Å². The molecular formula is C22H21ClFN5OS. The van der Waals surface area contributed by atoms with Crippen LogP contribution in [0, 0.1) is 12.7 Å². The first-order chi connectivity index (χ1) is 15.0. The summed E-state index contributed by atoms with van der Waals surface area (Å²) in [4.78, 5) is 10.4. The van der Waals surface area contributed by atoms with Gasteiger partial charge in [0.25, 0.3) is 0 Å². The number of thiazole rings is 1. The summed E-state index contributed by atoms with van der Waals surface area (Å²) in [7, 11) is 0. The SMILES string of the molecule is Cc1nc2sc(C(c3ccc(F)cc3)N3CCN(c4cccc(Cl)c4)CC3)c(O)n2n1. The Bertz CT molecular complexity index is 1220. The molecule has 5 rings (SSSR count). The number of hydrogen-bond acceptors (Lipinski definition) is 6. The van der Waals surface area contributed by atoms with Crippen molar-refractivity contribution in [2.45, 2.75) is 13.0 Å². The van der Waals surface area contributed by atoms with Gasteiger partial charge in [0.1, 0.15) is 11.6 Å². The number of rotatable bonds is 4. The highest BCUT2D eigenvalue weighted by molar-refractivity contribution is 7.17. The summed E-state index contributed by atoms with van der Waals surface area (Å²) in [6.07, 6.45) is 0. The molecule has 4 aromatic rings. The summed E-state index contributed by atoms with van der Waals surface area (Å²) in [6.45, 7) is 4.99. The maximum atomic E-state index is 13.6. The zero-order chi connectivity index (χ0) is 21.5. The van der Waals surface area contributed by atoms with Crippen molar-refractivity contribution in [2.75, 3.05) is 31.1 Å². The minimum absolute atomic E-state index is 0.0900. The van der Waals surface area contributed by atoms with Crippen LogP contribution in [-0.4, -0.2) is 50.8 Å². The van der Waals surface area contributed by atoms with E-state index in [4.69, 9.17) is 11.6 Å². The van der Waals surface area contributed by atoms with E-state index in [-0.39, 0.29) is 17.7 Å². The zero-order valence-electron chi connectivity index (χ0n) is 16.9. The molecule has 0 bridgehead atoms. The lowest BCUT2D eigenvalue weighted by Crippen LogP contribution is -2.47. The largest absolute Gasteiger partial charge is 0.492 e. The van der Waals surface area contributed by atoms with Crippen molar-refractivity contribution in [2.24, 2.45) is 0 Å². The summed E-state index contributed by atoms with van der Waals surface area (Å²) < 4.78 is 15.1. The molecule has 0 saturated carbocycles. The smallest absolute Gasteiger partial charge is 0.230 e. The maximum absolute atomic E-state index is 13.6. The molecule has 1 aliphatic heterocycles. The van der Waals surface area contributed by atoms with Crippen molar-refractivity contribution in [1.29, 1.82) is 0 Å². The van der Waals surface area contributed by atoms with Gasteiger partial charge < -0.3 is 10.0 Å². The van der Waals surface area contributed by atoms with Crippen LogP contribution in [0.15, 0.2) is 48.5 Å². The molecule has 1 unspecified atom stereocenters. The Morgan fingerprint density at radius 1 is 1.10 bits per heavy atom. The Morgan fingerprint density at radius 3 is 2.52 bits per heavy atom. The number of nitrogens with zero attached hydrogens (tertiary/aromatic N) is 5. The molecule has 31 heavy (non-hydrogen) atoms. The van der Waals surface area contributed by atoms with E-state index in [1.54, 1.807) is 19.1 Å². The van der Waals surface area contributed by atoms with Crippen LogP contribution in [0.25, 0.3) is 4.96 Å². The highest BCUT2D eigenvalue weighted by Crippen LogP contribution is 2.40. The minimum Gasteiger partial charge on any atom is -0.492 e. The molecule has 0 radical (unpaired) electrons. The maximum Gasteiger partial charge on any atom is 0.230 e. The first kappa shape index (κ1) is 20.2. The fourth-order valence-corrected chi connectivity index (χ4v) is 5.46. The minimum atomic E-state index is -0.282. The first-order valence-corrected chi connectivity index (χ1v) is 11.2. The predicted octanol–water partition coefficient (Wildman–Crippen LogP) is 4.51. The molecule has 160 valence electrons. The third-order valence-electron chi connectivity index (χ3n) is 5.59. The molecule has 0 amide bonds. The molecule has 0 aliphatic carbocycles. The van der Waals surface area contributed by atoms with Gasteiger partial charge in [0.05, 0.1) is 10.9 Å². The molecule has 1 N–H and O–H groups in total. The molecule has 2 aromatic carbocycles. The lowest BCUT2D eigenvalue weighted by atomic mass is 10.0. The number of benzene rings is 2. The van der Waals surface area contributed by atoms with Gasteiger partial charge in [-0.2, -0.15) is 4.52 Å². The number of aromatic nitrogens is 3. The highest BCUT2D eigenvalue weighted by Gasteiger charge is 2.31. The van der Waals surface area contributed by atoms with Crippen LogP contribution in [0.1, 0.15) is 22.3 Å². The van der Waals surface area contributed by atoms with Crippen molar-refractivity contribution in [3.8, 4) is 5.88 Å². The van der Waals surface area contributed by atoms with Gasteiger partial charge in [-0.3, -0.25) is 4.90 Å². The van der Waals surface area contributed by atoms with E-state index >= 15 is 0 Å². The first-order valence-electron chi connectivity index (χ1n) is 10.0. The van der Waals surface area contributed by atoms with Gasteiger partial charge in [-0.05, 0) is 42.8 Å². The molecule has 1 aliphatic rings. The van der Waals surface area contributed by atoms with Crippen LogP contribution in [0.4, 0.5) is 10.1 Å². The molecule has 1 fully saturated rings. The van der Waals surface area contributed by atoms with Crippen LogP contribution in [0.5, 0.6) is 5.88 Å². The van der Waals surface area contributed by atoms with Gasteiger partial charge in [0.2, 0.25) is 10.8 Å². The third kappa shape index (κ3) is 3.86. The van der Waals surface area contributed by atoms with Crippen LogP contribution in [0.3, 0.4) is 0 Å². The quantitative estimate of drug-likeness (QED) is 0.488. The van der Waals surface area contributed by atoms with E-state index in [0.717, 1.165) is 47.3 Å². The van der Waals surface area contributed by atoms with Gasteiger partial charge in [-0.25, -0.2) is 9.37 Å². The van der Waals surface area contributed by atoms with E-state index in [9.17, 15) is 9.50 Å². The molecule has 6 nitrogen and oxygen atoms in total. The number of aryl methyl sites for hydroxylation is 1. The molecule has 9 heteroatoms. The number of aromatic hydroxyl groups is 1. The third-order valence-corrected chi connectivity index (χ3v) is 6.90. The summed E-state index contributed by atoms with van der Waals surface area (Å²) in [5.74, 6) is 0.421. The zero-order valence-corrected chi connectivity index (χ0v) is 18.4. The number of hydrogen-bond donors (Lipinski definition) is 1. The standard InChI is InChI=1S/C22H21ClFN5OS/c1-14-25-22-29(26-14)21(30)20(31-22)19(15-5-7-17(24)8-6-15)28-11-9-27(10-12-28)18-4-2-3-16(23)13-18/h2-8,13,19,30H,9-12H2,1H3. The van der Waals surface area contributed by atoms with Crippen molar-refractivity contribution < 1.29 is 9.50 Å². The van der Waals surface area contributed by atoms with Crippen LogP contribution in [-0.2, 0) is 0 Å². The Morgan fingerprint density at radius 2 is 1.84 bits per heavy atom. The van der Waals surface area contributed by atoms with E-state index < -0.39 is 0 Å². The number of piperazine rings is 1. The number of fused-ring (bicyclic) bond motifs is 1. The van der Waals surface area contributed by atoms with E-state index in [1.807, 2.05) is 18.2 Å². The molecule has 1 saturated heterocycles. The van der Waals surface area contributed by atoms with Gasteiger partial charge in [-0.1, -0.05) is 41.1 Å². The second-order valence-corrected chi connectivity index (χ2v) is 9.05. The van der Waals surface area contributed by atoms with Gasteiger partial charge in [0, 0.05) is 36.9 Å². The lowest BCUT2D eigenvalue weighted by molar-refractivity contribution is 0.211. The summed E-state index contributed by atoms with van der Waals surface area (Å²) in [6, 6.07) is 14.1. The number of anilines is 1. The second kappa shape index (κ2) is 8.11. The highest BCUT2D eigenvalue weighted by atomic mass is 35.5. The van der Waals surface area contributed by atoms with E-state index in [2.05, 4.69) is 25.9 Å². The van der Waals surface area contributed by atoms with Gasteiger partial charge in [-0.15, -0.1) is 5.10 Å². The predicted molar refractivity (Wildman–Crippen MR) is 121 cm³/mol. The Balaban J connectivity index is 1.47. The Hall–Kier alpha value is -2.68. The van der Waals surface area contributed by atoms with Crippen molar-refractivity contribution in [1.82, 2.24) is 19.5 Å². The fraction of sp³-hybridized carbons (Fsp3) is 0.273. The van der Waals surface area contributed by atoms with Crippen molar-refractivity contribution >= 4 is 33.6 Å². The fourth-order valence-electron chi connectivity index (χ4n) is 4.11. The average molecular weight is 458 g/mol.